The second-order valence-electron chi connectivity index (χ2n) is 3.89. The Morgan fingerprint density at radius 3 is 2.67 bits per heavy atom. The highest BCUT2D eigenvalue weighted by molar-refractivity contribution is 6.31. The molecule has 0 aliphatic heterocycles. The van der Waals surface area contributed by atoms with Crippen LogP contribution in [0.25, 0.3) is 0 Å². The molecule has 0 radical (unpaired) electrons. The van der Waals surface area contributed by atoms with Gasteiger partial charge in [0.25, 0.3) is 6.43 Å². The summed E-state index contributed by atoms with van der Waals surface area (Å²) < 4.78 is 28.8. The van der Waals surface area contributed by atoms with Gasteiger partial charge in [-0.2, -0.15) is 0 Å². The van der Waals surface area contributed by atoms with Crippen molar-refractivity contribution < 1.29 is 13.5 Å². The molecular weight excluding hydrogens is 260 g/mol. The van der Waals surface area contributed by atoms with Crippen LogP contribution >= 0.6 is 11.6 Å². The fraction of sp³-hybridized carbons (Fsp3) is 0.538. The Balaban J connectivity index is 2.52. The van der Waals surface area contributed by atoms with Crippen LogP contribution in [0.15, 0.2) is 24.3 Å². The normalized spacial score (nSPS) is 12.9. The predicted octanol–water partition coefficient (Wildman–Crippen LogP) is 3.66. The molecule has 1 aromatic carbocycles. The maximum atomic E-state index is 11.9. The number of ether oxygens (including phenoxy) is 1. The predicted molar refractivity (Wildman–Crippen MR) is 69.3 cm³/mol. The fourth-order valence-corrected chi connectivity index (χ4v) is 2.01. The molecule has 1 atom stereocenters. The van der Waals surface area contributed by atoms with Gasteiger partial charge in [0, 0.05) is 17.7 Å². The maximum absolute atomic E-state index is 11.9. The molecule has 0 aliphatic carbocycles. The van der Waals surface area contributed by atoms with Gasteiger partial charge in [-0.15, -0.1) is 0 Å². The first kappa shape index (κ1) is 15.3. The standard InChI is InChI=1S/C13H18ClF2NO/c1-2-17-12(7-8-18-9-13(15)16)10-5-3-4-6-11(10)14/h3-6,12-13,17H,2,7-9H2,1H3. The van der Waals surface area contributed by atoms with Gasteiger partial charge in [-0.25, -0.2) is 8.78 Å². The smallest absolute Gasteiger partial charge is 0.261 e. The molecule has 0 fully saturated rings. The van der Waals surface area contributed by atoms with E-state index in [1.54, 1.807) is 0 Å². The van der Waals surface area contributed by atoms with Crippen LogP contribution in [0.5, 0.6) is 0 Å². The van der Waals surface area contributed by atoms with Crippen molar-refractivity contribution in [1.29, 1.82) is 0 Å². The summed E-state index contributed by atoms with van der Waals surface area (Å²) in [7, 11) is 0. The minimum atomic E-state index is -2.41. The summed E-state index contributed by atoms with van der Waals surface area (Å²) in [4.78, 5) is 0. The molecule has 0 aromatic heterocycles. The third-order valence-electron chi connectivity index (χ3n) is 2.53. The van der Waals surface area contributed by atoms with Crippen LogP contribution in [-0.2, 0) is 4.74 Å². The van der Waals surface area contributed by atoms with E-state index >= 15 is 0 Å². The number of alkyl halides is 2. The van der Waals surface area contributed by atoms with Gasteiger partial charge in [-0.1, -0.05) is 36.7 Å². The maximum Gasteiger partial charge on any atom is 0.261 e. The summed E-state index contributed by atoms with van der Waals surface area (Å²) in [6.07, 6.45) is -1.80. The largest absolute Gasteiger partial charge is 0.375 e. The topological polar surface area (TPSA) is 21.3 Å². The van der Waals surface area contributed by atoms with Gasteiger partial charge < -0.3 is 10.1 Å². The van der Waals surface area contributed by atoms with Crippen LogP contribution in [0.3, 0.4) is 0 Å². The Bertz CT molecular complexity index is 350. The summed E-state index contributed by atoms with van der Waals surface area (Å²) in [6, 6.07) is 7.55. The Hall–Kier alpha value is -0.710. The number of benzene rings is 1. The van der Waals surface area contributed by atoms with E-state index in [1.165, 1.54) is 0 Å². The first-order valence-electron chi connectivity index (χ1n) is 5.98. The zero-order valence-corrected chi connectivity index (χ0v) is 11.1. The Morgan fingerprint density at radius 1 is 1.33 bits per heavy atom. The minimum Gasteiger partial charge on any atom is -0.375 e. The molecule has 0 bridgehead atoms. The van der Waals surface area contributed by atoms with Crippen LogP contribution in [0, 0.1) is 0 Å². The van der Waals surface area contributed by atoms with Crippen LogP contribution in [0.1, 0.15) is 24.9 Å². The van der Waals surface area contributed by atoms with Crippen molar-refractivity contribution in [3.05, 3.63) is 34.9 Å². The lowest BCUT2D eigenvalue weighted by Gasteiger charge is -2.19. The van der Waals surface area contributed by atoms with Gasteiger partial charge in [0.2, 0.25) is 0 Å². The molecule has 1 rings (SSSR count). The zero-order chi connectivity index (χ0) is 13.4. The summed E-state index contributed by atoms with van der Waals surface area (Å²) >= 11 is 6.12. The molecule has 0 amide bonds. The van der Waals surface area contributed by atoms with Crippen molar-refractivity contribution in [2.24, 2.45) is 0 Å². The Kier molecular flexibility index (Phi) is 7.16. The van der Waals surface area contributed by atoms with E-state index in [9.17, 15) is 8.78 Å². The molecule has 0 saturated heterocycles. The lowest BCUT2D eigenvalue weighted by Crippen LogP contribution is -2.23. The van der Waals surface area contributed by atoms with Crippen molar-refractivity contribution in [2.75, 3.05) is 19.8 Å². The number of hydrogen-bond acceptors (Lipinski definition) is 2. The van der Waals surface area contributed by atoms with Crippen molar-refractivity contribution in [2.45, 2.75) is 25.8 Å². The monoisotopic (exact) mass is 277 g/mol. The second-order valence-corrected chi connectivity index (χ2v) is 4.29. The molecule has 0 aliphatic rings. The third-order valence-corrected chi connectivity index (χ3v) is 2.87. The highest BCUT2D eigenvalue weighted by Crippen LogP contribution is 2.24. The molecule has 1 unspecified atom stereocenters. The highest BCUT2D eigenvalue weighted by atomic mass is 35.5. The molecule has 0 saturated carbocycles. The van der Waals surface area contributed by atoms with Crippen LogP contribution in [-0.4, -0.2) is 26.2 Å². The summed E-state index contributed by atoms with van der Waals surface area (Å²) in [5, 5.41) is 3.95. The fourth-order valence-electron chi connectivity index (χ4n) is 1.75. The molecule has 5 heteroatoms. The van der Waals surface area contributed by atoms with Crippen molar-refractivity contribution in [3.8, 4) is 0 Å². The first-order valence-corrected chi connectivity index (χ1v) is 6.36. The van der Waals surface area contributed by atoms with E-state index in [2.05, 4.69) is 5.32 Å². The second kappa shape index (κ2) is 8.40. The summed E-state index contributed by atoms with van der Waals surface area (Å²) in [5.74, 6) is 0. The summed E-state index contributed by atoms with van der Waals surface area (Å²) in [6.45, 7) is 2.54. The molecule has 0 heterocycles. The van der Waals surface area contributed by atoms with E-state index in [0.717, 1.165) is 12.1 Å². The number of halogens is 3. The van der Waals surface area contributed by atoms with E-state index in [4.69, 9.17) is 16.3 Å². The quantitative estimate of drug-likeness (QED) is 0.732. The zero-order valence-electron chi connectivity index (χ0n) is 10.3. The molecule has 0 spiro atoms. The van der Waals surface area contributed by atoms with Crippen molar-refractivity contribution in [1.82, 2.24) is 5.32 Å². The van der Waals surface area contributed by atoms with Gasteiger partial charge >= 0.3 is 0 Å². The SMILES string of the molecule is CCNC(CCOCC(F)F)c1ccccc1Cl. The lowest BCUT2D eigenvalue weighted by molar-refractivity contribution is 0.0144. The average molecular weight is 278 g/mol. The van der Waals surface area contributed by atoms with E-state index in [-0.39, 0.29) is 12.6 Å². The lowest BCUT2D eigenvalue weighted by atomic mass is 10.0. The molecular formula is C13H18ClF2NO. The molecule has 1 aromatic rings. The Labute approximate surface area is 111 Å². The van der Waals surface area contributed by atoms with Crippen molar-refractivity contribution in [3.63, 3.8) is 0 Å². The Morgan fingerprint density at radius 2 is 2.06 bits per heavy atom. The molecule has 102 valence electrons. The van der Waals surface area contributed by atoms with Crippen LogP contribution < -0.4 is 5.32 Å². The van der Waals surface area contributed by atoms with Crippen LogP contribution in [0.2, 0.25) is 5.02 Å². The van der Waals surface area contributed by atoms with Gasteiger partial charge in [0.05, 0.1) is 0 Å². The van der Waals surface area contributed by atoms with Gasteiger partial charge in [0.15, 0.2) is 0 Å². The average Bonchev–Trinajstić information content (AvgIpc) is 2.34. The van der Waals surface area contributed by atoms with Gasteiger partial charge in [0.1, 0.15) is 6.61 Å². The molecule has 2 nitrogen and oxygen atoms in total. The number of hydrogen-bond donors (Lipinski definition) is 1. The third kappa shape index (κ3) is 5.29. The summed E-state index contributed by atoms with van der Waals surface area (Å²) in [5.41, 5.74) is 0.974. The van der Waals surface area contributed by atoms with E-state index < -0.39 is 13.0 Å². The molecule has 18 heavy (non-hydrogen) atoms. The highest BCUT2D eigenvalue weighted by Gasteiger charge is 2.13. The van der Waals surface area contributed by atoms with E-state index in [1.807, 2.05) is 31.2 Å². The van der Waals surface area contributed by atoms with Crippen LogP contribution in [0.4, 0.5) is 8.78 Å². The van der Waals surface area contributed by atoms with Gasteiger partial charge in [-0.05, 0) is 24.6 Å². The van der Waals surface area contributed by atoms with Gasteiger partial charge in [-0.3, -0.25) is 0 Å². The molecule has 1 N–H and O–H groups in total. The minimum absolute atomic E-state index is 0.0290. The first-order chi connectivity index (χ1) is 8.65. The number of rotatable bonds is 8. The number of nitrogens with one attached hydrogen (secondary N) is 1. The van der Waals surface area contributed by atoms with Crippen molar-refractivity contribution >= 4 is 11.6 Å². The van der Waals surface area contributed by atoms with E-state index in [0.29, 0.717) is 11.4 Å².